The zero-order chi connectivity index (χ0) is 14.1. The van der Waals surface area contributed by atoms with Gasteiger partial charge in [-0.15, -0.1) is 0 Å². The van der Waals surface area contributed by atoms with E-state index in [9.17, 15) is 0 Å². The van der Waals surface area contributed by atoms with Crippen molar-refractivity contribution in [3.8, 4) is 5.75 Å². The second-order valence-corrected chi connectivity index (χ2v) is 5.61. The van der Waals surface area contributed by atoms with Crippen LogP contribution in [0.2, 0.25) is 0 Å². The third-order valence-corrected chi connectivity index (χ3v) is 3.42. The lowest BCUT2D eigenvalue weighted by molar-refractivity contribution is 0.200. The van der Waals surface area contributed by atoms with Crippen molar-refractivity contribution in [1.29, 1.82) is 0 Å². The Labute approximate surface area is 131 Å². The molecule has 1 aromatic rings. The molecule has 3 nitrogen and oxygen atoms in total. The van der Waals surface area contributed by atoms with E-state index in [0.717, 1.165) is 40.0 Å². The van der Waals surface area contributed by atoms with E-state index in [-0.39, 0.29) is 0 Å². The Hall–Kier alpha value is -0.360. The van der Waals surface area contributed by atoms with Crippen molar-refractivity contribution in [1.82, 2.24) is 5.32 Å². The van der Waals surface area contributed by atoms with Crippen molar-refractivity contribution in [2.75, 3.05) is 33.4 Å². The lowest BCUT2D eigenvalue weighted by Crippen LogP contribution is -2.18. The number of methoxy groups -OCH3 is 1. The monoisotopic (exact) mass is 391 g/mol. The van der Waals surface area contributed by atoms with Crippen molar-refractivity contribution in [3.05, 3.63) is 32.7 Å². The minimum atomic E-state index is 0.646. The second kappa shape index (κ2) is 9.53. The van der Waals surface area contributed by atoms with Gasteiger partial charge in [0.25, 0.3) is 0 Å². The Kier molecular flexibility index (Phi) is 8.37. The van der Waals surface area contributed by atoms with Crippen LogP contribution >= 0.6 is 31.9 Å². The zero-order valence-electron chi connectivity index (χ0n) is 11.2. The fraction of sp³-hybridized carbons (Fsp3) is 0.429. The van der Waals surface area contributed by atoms with Crippen LogP contribution in [-0.4, -0.2) is 33.4 Å². The smallest absolute Gasteiger partial charge is 0.140 e. The number of ether oxygens (including phenoxy) is 2. The SMILES string of the molecule is CCOc1c(Br)cc(Br)cc1C=CCNCCOC. The normalized spacial score (nSPS) is 11.2. The maximum atomic E-state index is 5.66. The molecule has 0 spiro atoms. The van der Waals surface area contributed by atoms with E-state index in [1.54, 1.807) is 7.11 Å². The Morgan fingerprint density at radius 3 is 2.79 bits per heavy atom. The Bertz CT molecular complexity index is 422. The van der Waals surface area contributed by atoms with E-state index in [0.29, 0.717) is 6.61 Å². The van der Waals surface area contributed by atoms with Crippen molar-refractivity contribution >= 4 is 37.9 Å². The molecule has 1 N–H and O–H groups in total. The Balaban J connectivity index is 2.67. The summed E-state index contributed by atoms with van der Waals surface area (Å²) in [5.74, 6) is 0.874. The Morgan fingerprint density at radius 1 is 1.32 bits per heavy atom. The molecular weight excluding hydrogens is 374 g/mol. The first kappa shape index (κ1) is 16.7. The summed E-state index contributed by atoms with van der Waals surface area (Å²) in [6, 6.07) is 4.03. The molecule has 0 radical (unpaired) electrons. The molecule has 0 amide bonds. The molecule has 0 saturated carbocycles. The maximum Gasteiger partial charge on any atom is 0.140 e. The van der Waals surface area contributed by atoms with Crippen LogP contribution < -0.4 is 10.1 Å². The van der Waals surface area contributed by atoms with E-state index >= 15 is 0 Å². The first-order valence-electron chi connectivity index (χ1n) is 6.17. The fourth-order valence-corrected chi connectivity index (χ4v) is 2.92. The molecule has 0 saturated heterocycles. The average Bonchev–Trinajstić information content (AvgIpc) is 2.37. The highest BCUT2D eigenvalue weighted by Crippen LogP contribution is 2.33. The number of halogens is 2. The summed E-state index contributed by atoms with van der Waals surface area (Å²) in [5, 5.41) is 3.26. The predicted molar refractivity (Wildman–Crippen MR) is 86.8 cm³/mol. The standard InChI is InChI=1S/C14H19Br2NO2/c1-3-19-14-11(9-12(15)10-13(14)16)5-4-6-17-7-8-18-2/h4-5,9-10,17H,3,6-8H2,1-2H3. The molecule has 0 atom stereocenters. The summed E-state index contributed by atoms with van der Waals surface area (Å²) in [6.45, 7) is 5.00. The third-order valence-electron chi connectivity index (χ3n) is 2.37. The van der Waals surface area contributed by atoms with Crippen LogP contribution in [0, 0.1) is 0 Å². The zero-order valence-corrected chi connectivity index (χ0v) is 14.4. The number of hydrogen-bond acceptors (Lipinski definition) is 3. The van der Waals surface area contributed by atoms with Crippen molar-refractivity contribution in [2.45, 2.75) is 6.92 Å². The molecule has 1 aromatic carbocycles. The van der Waals surface area contributed by atoms with Gasteiger partial charge in [0, 0.05) is 30.2 Å². The highest BCUT2D eigenvalue weighted by atomic mass is 79.9. The van der Waals surface area contributed by atoms with Gasteiger partial charge in [-0.2, -0.15) is 0 Å². The van der Waals surface area contributed by atoms with Gasteiger partial charge in [0.1, 0.15) is 5.75 Å². The fourth-order valence-electron chi connectivity index (χ4n) is 1.55. The molecule has 0 unspecified atom stereocenters. The van der Waals surface area contributed by atoms with Gasteiger partial charge in [0.2, 0.25) is 0 Å². The molecule has 0 fully saturated rings. The van der Waals surface area contributed by atoms with Crippen LogP contribution in [0.25, 0.3) is 6.08 Å². The van der Waals surface area contributed by atoms with Gasteiger partial charge >= 0.3 is 0 Å². The topological polar surface area (TPSA) is 30.5 Å². The maximum absolute atomic E-state index is 5.66. The largest absolute Gasteiger partial charge is 0.492 e. The number of benzene rings is 1. The minimum Gasteiger partial charge on any atom is -0.492 e. The molecular formula is C14H19Br2NO2. The van der Waals surface area contributed by atoms with Crippen molar-refractivity contribution < 1.29 is 9.47 Å². The number of hydrogen-bond donors (Lipinski definition) is 1. The van der Waals surface area contributed by atoms with E-state index in [1.165, 1.54) is 0 Å². The van der Waals surface area contributed by atoms with Crippen LogP contribution in [0.5, 0.6) is 5.75 Å². The summed E-state index contributed by atoms with van der Waals surface area (Å²) in [5.41, 5.74) is 1.05. The highest BCUT2D eigenvalue weighted by Gasteiger charge is 2.07. The summed E-state index contributed by atoms with van der Waals surface area (Å²) < 4.78 is 12.6. The van der Waals surface area contributed by atoms with Gasteiger partial charge in [-0.25, -0.2) is 0 Å². The quantitative estimate of drug-likeness (QED) is 0.681. The van der Waals surface area contributed by atoms with Gasteiger partial charge in [0.05, 0.1) is 17.7 Å². The minimum absolute atomic E-state index is 0.646. The summed E-state index contributed by atoms with van der Waals surface area (Å²) in [4.78, 5) is 0. The van der Waals surface area contributed by atoms with Crippen molar-refractivity contribution in [3.63, 3.8) is 0 Å². The summed E-state index contributed by atoms with van der Waals surface area (Å²) in [6.07, 6.45) is 4.13. The molecule has 106 valence electrons. The van der Waals surface area contributed by atoms with Gasteiger partial charge < -0.3 is 14.8 Å². The first-order valence-corrected chi connectivity index (χ1v) is 7.75. The molecule has 1 rings (SSSR count). The third kappa shape index (κ3) is 6.08. The molecule has 5 heteroatoms. The lowest BCUT2D eigenvalue weighted by Gasteiger charge is -2.10. The number of nitrogens with one attached hydrogen (secondary N) is 1. The van der Waals surface area contributed by atoms with Crippen LogP contribution in [0.4, 0.5) is 0 Å². The Morgan fingerprint density at radius 2 is 2.11 bits per heavy atom. The highest BCUT2D eigenvalue weighted by molar-refractivity contribution is 9.11. The molecule has 0 aliphatic heterocycles. The van der Waals surface area contributed by atoms with Crippen LogP contribution in [0.15, 0.2) is 27.2 Å². The van der Waals surface area contributed by atoms with E-state index in [2.05, 4.69) is 49.3 Å². The van der Waals surface area contributed by atoms with Crippen LogP contribution in [-0.2, 0) is 4.74 Å². The second-order valence-electron chi connectivity index (χ2n) is 3.84. The number of rotatable bonds is 8. The van der Waals surface area contributed by atoms with Gasteiger partial charge in [0.15, 0.2) is 0 Å². The molecule has 0 bridgehead atoms. The molecule has 0 aliphatic rings. The van der Waals surface area contributed by atoms with Crippen LogP contribution in [0.1, 0.15) is 12.5 Å². The van der Waals surface area contributed by atoms with E-state index < -0.39 is 0 Å². The molecule has 19 heavy (non-hydrogen) atoms. The first-order chi connectivity index (χ1) is 9.19. The lowest BCUT2D eigenvalue weighted by atomic mass is 10.2. The van der Waals surface area contributed by atoms with E-state index in [1.807, 2.05) is 19.1 Å². The molecule has 0 heterocycles. The molecule has 0 aromatic heterocycles. The van der Waals surface area contributed by atoms with E-state index in [4.69, 9.17) is 9.47 Å². The summed E-state index contributed by atoms with van der Waals surface area (Å²) in [7, 11) is 1.70. The average molecular weight is 393 g/mol. The van der Waals surface area contributed by atoms with Gasteiger partial charge in [-0.05, 0) is 35.0 Å². The van der Waals surface area contributed by atoms with Crippen LogP contribution in [0.3, 0.4) is 0 Å². The van der Waals surface area contributed by atoms with Crippen molar-refractivity contribution in [2.24, 2.45) is 0 Å². The molecule has 0 aliphatic carbocycles. The van der Waals surface area contributed by atoms with Gasteiger partial charge in [-0.1, -0.05) is 28.1 Å². The van der Waals surface area contributed by atoms with Gasteiger partial charge in [-0.3, -0.25) is 0 Å². The predicted octanol–water partition coefficient (Wildman–Crippen LogP) is 3.86. The summed E-state index contributed by atoms with van der Waals surface area (Å²) >= 11 is 7.01.